The highest BCUT2D eigenvalue weighted by Gasteiger charge is 2.00. The quantitative estimate of drug-likeness (QED) is 0.299. The van der Waals surface area contributed by atoms with Crippen molar-refractivity contribution >= 4 is 17.6 Å². The third-order valence-electron chi connectivity index (χ3n) is 3.48. The average molecular weight is 319 g/mol. The number of rotatable bonds is 10. The number of nitrogens with one attached hydrogen (secondary N) is 1. The second kappa shape index (κ2) is 11.5. The minimum Gasteiger partial charge on any atom is -0.466 e. The van der Waals surface area contributed by atoms with Crippen molar-refractivity contribution < 1.29 is 9.53 Å². The van der Waals surface area contributed by atoms with Crippen molar-refractivity contribution in [2.75, 3.05) is 18.5 Å². The highest BCUT2D eigenvalue weighted by Crippen LogP contribution is 2.10. The predicted molar refractivity (Wildman–Crippen MR) is 95.7 cm³/mol. The number of guanidine groups is 1. The summed E-state index contributed by atoms with van der Waals surface area (Å²) in [6.45, 7) is 5.11. The van der Waals surface area contributed by atoms with E-state index in [1.54, 1.807) is 0 Å². The average Bonchev–Trinajstić information content (AvgIpc) is 2.54. The van der Waals surface area contributed by atoms with Crippen LogP contribution in [-0.2, 0) is 16.0 Å². The summed E-state index contributed by atoms with van der Waals surface area (Å²) in [4.78, 5) is 15.5. The summed E-state index contributed by atoms with van der Waals surface area (Å²) in [7, 11) is 0. The molecule has 0 aliphatic carbocycles. The summed E-state index contributed by atoms with van der Waals surface area (Å²) < 4.78 is 4.89. The van der Waals surface area contributed by atoms with Gasteiger partial charge in [-0.25, -0.2) is 0 Å². The summed E-state index contributed by atoms with van der Waals surface area (Å²) >= 11 is 0. The number of hydrogen-bond acceptors (Lipinski definition) is 3. The van der Waals surface area contributed by atoms with Crippen LogP contribution in [0.4, 0.5) is 5.69 Å². The molecule has 0 unspecified atom stereocenters. The SMILES string of the molecule is CCOC(=O)CCCCCCN=C(N)Nc1cccc(CC)c1. The fourth-order valence-corrected chi connectivity index (χ4v) is 2.22. The summed E-state index contributed by atoms with van der Waals surface area (Å²) in [5.41, 5.74) is 8.13. The number of aliphatic imine (C=N–C) groups is 1. The van der Waals surface area contributed by atoms with Crippen LogP contribution in [0.25, 0.3) is 0 Å². The fourth-order valence-electron chi connectivity index (χ4n) is 2.22. The topological polar surface area (TPSA) is 76.7 Å². The van der Waals surface area contributed by atoms with Crippen molar-refractivity contribution in [3.05, 3.63) is 29.8 Å². The van der Waals surface area contributed by atoms with E-state index >= 15 is 0 Å². The van der Waals surface area contributed by atoms with E-state index in [0.29, 0.717) is 25.5 Å². The van der Waals surface area contributed by atoms with Crippen LogP contribution >= 0.6 is 0 Å². The summed E-state index contributed by atoms with van der Waals surface area (Å²) in [5, 5.41) is 3.11. The Labute approximate surface area is 139 Å². The monoisotopic (exact) mass is 319 g/mol. The molecule has 5 heteroatoms. The highest BCUT2D eigenvalue weighted by atomic mass is 16.5. The zero-order valence-corrected chi connectivity index (χ0v) is 14.3. The van der Waals surface area contributed by atoms with E-state index in [1.807, 2.05) is 19.1 Å². The van der Waals surface area contributed by atoms with Gasteiger partial charge in [0.25, 0.3) is 0 Å². The van der Waals surface area contributed by atoms with Gasteiger partial charge < -0.3 is 15.8 Å². The van der Waals surface area contributed by atoms with Crippen LogP contribution in [0, 0.1) is 0 Å². The Hall–Kier alpha value is -2.04. The first kappa shape index (κ1) is 19.0. The number of ether oxygens (including phenoxy) is 1. The van der Waals surface area contributed by atoms with Gasteiger partial charge in [-0.3, -0.25) is 9.79 Å². The Morgan fingerprint density at radius 2 is 2.00 bits per heavy atom. The van der Waals surface area contributed by atoms with E-state index in [1.165, 1.54) is 5.56 Å². The maximum atomic E-state index is 11.2. The molecule has 0 saturated heterocycles. The smallest absolute Gasteiger partial charge is 0.305 e. The number of carbonyl (C=O) groups excluding carboxylic acids is 1. The van der Waals surface area contributed by atoms with Crippen LogP contribution in [0.15, 0.2) is 29.3 Å². The van der Waals surface area contributed by atoms with E-state index < -0.39 is 0 Å². The van der Waals surface area contributed by atoms with Crippen LogP contribution < -0.4 is 11.1 Å². The Balaban J connectivity index is 2.15. The van der Waals surface area contributed by atoms with Crippen LogP contribution in [0.5, 0.6) is 0 Å². The maximum Gasteiger partial charge on any atom is 0.305 e. The molecule has 0 aliphatic rings. The molecule has 1 aromatic rings. The molecule has 0 radical (unpaired) electrons. The molecule has 3 N–H and O–H groups in total. The molecule has 0 amide bonds. The zero-order chi connectivity index (χ0) is 16.9. The second-order valence-electron chi connectivity index (χ2n) is 5.42. The number of aryl methyl sites for hydroxylation is 1. The van der Waals surface area contributed by atoms with Gasteiger partial charge in [0, 0.05) is 18.7 Å². The number of benzene rings is 1. The largest absolute Gasteiger partial charge is 0.466 e. The molecule has 0 aromatic heterocycles. The molecule has 128 valence electrons. The van der Waals surface area contributed by atoms with Crippen LogP contribution in [-0.4, -0.2) is 25.1 Å². The van der Waals surface area contributed by atoms with Crippen molar-refractivity contribution in [1.29, 1.82) is 0 Å². The minimum atomic E-state index is -0.103. The highest BCUT2D eigenvalue weighted by molar-refractivity contribution is 5.92. The molecule has 0 atom stereocenters. The van der Waals surface area contributed by atoms with Crippen LogP contribution in [0.1, 0.15) is 51.5 Å². The number of hydrogen-bond donors (Lipinski definition) is 2. The first-order valence-electron chi connectivity index (χ1n) is 8.47. The van der Waals surface area contributed by atoms with Gasteiger partial charge in [-0.2, -0.15) is 0 Å². The van der Waals surface area contributed by atoms with Crippen molar-refractivity contribution in [2.45, 2.75) is 52.4 Å². The Morgan fingerprint density at radius 3 is 2.74 bits per heavy atom. The van der Waals surface area contributed by atoms with E-state index in [2.05, 4.69) is 29.4 Å². The molecule has 1 rings (SSSR count). The lowest BCUT2D eigenvalue weighted by atomic mass is 10.1. The van der Waals surface area contributed by atoms with Crippen molar-refractivity contribution in [3.8, 4) is 0 Å². The van der Waals surface area contributed by atoms with Crippen molar-refractivity contribution in [1.82, 2.24) is 0 Å². The molecule has 5 nitrogen and oxygen atoms in total. The number of esters is 1. The van der Waals surface area contributed by atoms with E-state index in [0.717, 1.165) is 37.8 Å². The van der Waals surface area contributed by atoms with E-state index in [-0.39, 0.29) is 5.97 Å². The number of anilines is 1. The van der Waals surface area contributed by atoms with Gasteiger partial charge >= 0.3 is 5.97 Å². The number of nitrogens with zero attached hydrogens (tertiary/aromatic N) is 1. The Bertz CT molecular complexity index is 501. The van der Waals surface area contributed by atoms with Gasteiger partial charge in [0.2, 0.25) is 0 Å². The Morgan fingerprint density at radius 1 is 1.22 bits per heavy atom. The Kier molecular flexibility index (Phi) is 9.52. The van der Waals surface area contributed by atoms with Gasteiger partial charge in [0.15, 0.2) is 5.96 Å². The van der Waals surface area contributed by atoms with Gasteiger partial charge in [-0.15, -0.1) is 0 Å². The molecule has 1 aromatic carbocycles. The van der Waals surface area contributed by atoms with Gasteiger partial charge in [-0.1, -0.05) is 31.9 Å². The maximum absolute atomic E-state index is 11.2. The summed E-state index contributed by atoms with van der Waals surface area (Å²) in [6.07, 6.45) is 5.41. The second-order valence-corrected chi connectivity index (χ2v) is 5.42. The molecule has 0 saturated carbocycles. The molecule has 0 fully saturated rings. The minimum absolute atomic E-state index is 0.103. The molecular weight excluding hydrogens is 290 g/mol. The standard InChI is InChI=1S/C18H29N3O2/c1-3-15-10-9-11-16(14-15)21-18(19)20-13-8-6-5-7-12-17(22)23-4-2/h9-11,14H,3-8,12-13H2,1-2H3,(H3,19,20,21). The third kappa shape index (κ3) is 8.86. The van der Waals surface area contributed by atoms with Gasteiger partial charge in [0.05, 0.1) is 6.61 Å². The normalized spacial score (nSPS) is 11.3. The van der Waals surface area contributed by atoms with Crippen molar-refractivity contribution in [2.24, 2.45) is 10.7 Å². The van der Waals surface area contributed by atoms with E-state index in [9.17, 15) is 4.79 Å². The predicted octanol–water partition coefficient (Wildman–Crippen LogP) is 3.49. The molecule has 0 aliphatic heterocycles. The molecule has 0 heterocycles. The van der Waals surface area contributed by atoms with Crippen LogP contribution in [0.3, 0.4) is 0 Å². The fraction of sp³-hybridized carbons (Fsp3) is 0.556. The lowest BCUT2D eigenvalue weighted by molar-refractivity contribution is -0.143. The molecule has 0 spiro atoms. The third-order valence-corrected chi connectivity index (χ3v) is 3.48. The molecule has 23 heavy (non-hydrogen) atoms. The van der Waals surface area contributed by atoms with E-state index in [4.69, 9.17) is 10.5 Å². The lowest BCUT2D eigenvalue weighted by Crippen LogP contribution is -2.22. The summed E-state index contributed by atoms with van der Waals surface area (Å²) in [6, 6.07) is 8.17. The summed E-state index contributed by atoms with van der Waals surface area (Å²) in [5.74, 6) is 0.345. The van der Waals surface area contributed by atoms with Crippen molar-refractivity contribution in [3.63, 3.8) is 0 Å². The number of nitrogens with two attached hydrogens (primary N) is 1. The number of carbonyl (C=O) groups is 1. The van der Waals surface area contributed by atoms with Gasteiger partial charge in [0.1, 0.15) is 0 Å². The van der Waals surface area contributed by atoms with Gasteiger partial charge in [-0.05, 0) is 43.9 Å². The molecule has 0 bridgehead atoms. The zero-order valence-electron chi connectivity index (χ0n) is 14.3. The van der Waals surface area contributed by atoms with Crippen LogP contribution in [0.2, 0.25) is 0 Å². The number of unbranched alkanes of at least 4 members (excludes halogenated alkanes) is 3. The first-order valence-corrected chi connectivity index (χ1v) is 8.47. The first-order chi connectivity index (χ1) is 11.2. The molecular formula is C18H29N3O2. The lowest BCUT2D eigenvalue weighted by Gasteiger charge is -2.07.